The highest BCUT2D eigenvalue weighted by atomic mass is 16.5. The number of aliphatic hydroxyl groups excluding tert-OH is 1. The third-order valence-electron chi connectivity index (χ3n) is 1.17. The molecule has 1 heterocycles. The number of carbonyl (C=O) groups excluding carboxylic acids is 1. The number of hydrogen-bond acceptors (Lipinski definition) is 5. The summed E-state index contributed by atoms with van der Waals surface area (Å²) in [5.41, 5.74) is 5.28. The molecular weight excluding hydrogens is 136 g/mol. The van der Waals surface area contributed by atoms with E-state index in [2.05, 4.69) is 15.6 Å². The van der Waals surface area contributed by atoms with Crippen LogP contribution in [-0.4, -0.2) is 30.5 Å². The van der Waals surface area contributed by atoms with Crippen molar-refractivity contribution < 1.29 is 14.6 Å². The van der Waals surface area contributed by atoms with Gasteiger partial charge in [-0.3, -0.25) is 10.2 Å². The fourth-order valence-corrected chi connectivity index (χ4v) is 0.681. The van der Waals surface area contributed by atoms with Gasteiger partial charge < -0.3 is 9.84 Å². The fraction of sp³-hybridized carbons (Fsp3) is 0.800. The number of hydrogen-bond donors (Lipinski definition) is 3. The standard InChI is InChI=1S/C5H10N2O3/c8-4-1-5(9)10-3-7-6-2-4/h4,6-8H,1-3H2. The fourth-order valence-electron chi connectivity index (χ4n) is 0.681. The summed E-state index contributed by atoms with van der Waals surface area (Å²) in [6, 6.07) is 0. The lowest BCUT2D eigenvalue weighted by molar-refractivity contribution is -0.148. The van der Waals surface area contributed by atoms with Crippen LogP contribution >= 0.6 is 0 Å². The van der Waals surface area contributed by atoms with Crippen LogP contribution in [0.15, 0.2) is 0 Å². The second-order valence-corrected chi connectivity index (χ2v) is 2.08. The van der Waals surface area contributed by atoms with Gasteiger partial charge in [0.25, 0.3) is 0 Å². The highest BCUT2D eigenvalue weighted by Gasteiger charge is 2.13. The maximum absolute atomic E-state index is 10.6. The summed E-state index contributed by atoms with van der Waals surface area (Å²) in [5, 5.41) is 8.98. The quantitative estimate of drug-likeness (QED) is 0.357. The zero-order valence-electron chi connectivity index (χ0n) is 5.46. The van der Waals surface area contributed by atoms with Gasteiger partial charge in [-0.15, -0.1) is 0 Å². The van der Waals surface area contributed by atoms with Crippen molar-refractivity contribution in [3.05, 3.63) is 0 Å². The summed E-state index contributed by atoms with van der Waals surface area (Å²) >= 11 is 0. The van der Waals surface area contributed by atoms with Gasteiger partial charge in [0, 0.05) is 6.54 Å². The van der Waals surface area contributed by atoms with Crippen LogP contribution in [0, 0.1) is 0 Å². The maximum atomic E-state index is 10.6. The summed E-state index contributed by atoms with van der Waals surface area (Å²) in [4.78, 5) is 10.6. The Morgan fingerprint density at radius 1 is 1.60 bits per heavy atom. The smallest absolute Gasteiger partial charge is 0.309 e. The number of rotatable bonds is 0. The molecule has 1 unspecified atom stereocenters. The lowest BCUT2D eigenvalue weighted by Gasteiger charge is -2.15. The minimum absolute atomic E-state index is 0.0642. The molecule has 1 fully saturated rings. The first-order chi connectivity index (χ1) is 4.79. The number of β-amino-alcohol motifs (C(OH)–C–C–N with tert-alkyl or cyclic N) is 1. The van der Waals surface area contributed by atoms with E-state index in [1.54, 1.807) is 0 Å². The molecule has 10 heavy (non-hydrogen) atoms. The Kier molecular flexibility index (Phi) is 2.61. The lowest BCUT2D eigenvalue weighted by atomic mass is 10.2. The van der Waals surface area contributed by atoms with Crippen molar-refractivity contribution in [1.29, 1.82) is 0 Å². The Balaban J connectivity index is 2.32. The van der Waals surface area contributed by atoms with Crippen LogP contribution < -0.4 is 10.9 Å². The number of esters is 1. The van der Waals surface area contributed by atoms with E-state index < -0.39 is 6.10 Å². The van der Waals surface area contributed by atoms with Crippen molar-refractivity contribution in [2.24, 2.45) is 0 Å². The topological polar surface area (TPSA) is 70.6 Å². The molecule has 0 radical (unpaired) electrons. The molecule has 1 aliphatic rings. The highest BCUT2D eigenvalue weighted by molar-refractivity contribution is 5.69. The van der Waals surface area contributed by atoms with E-state index in [1.807, 2.05) is 0 Å². The summed E-state index contributed by atoms with van der Waals surface area (Å²) in [6.45, 7) is 0.528. The molecule has 58 valence electrons. The summed E-state index contributed by atoms with van der Waals surface area (Å²) in [5.74, 6) is -0.374. The molecule has 0 bridgehead atoms. The third kappa shape index (κ3) is 2.30. The molecule has 0 aromatic rings. The van der Waals surface area contributed by atoms with Crippen LogP contribution in [0.1, 0.15) is 6.42 Å². The van der Waals surface area contributed by atoms with Crippen molar-refractivity contribution in [3.63, 3.8) is 0 Å². The Bertz CT molecular complexity index is 128. The minimum atomic E-state index is -0.653. The average Bonchev–Trinajstić information content (AvgIpc) is 1.83. The molecule has 0 aromatic heterocycles. The van der Waals surface area contributed by atoms with Crippen LogP contribution in [0.2, 0.25) is 0 Å². The van der Waals surface area contributed by atoms with Crippen LogP contribution in [0.5, 0.6) is 0 Å². The number of hydrazine groups is 1. The molecule has 1 saturated heterocycles. The summed E-state index contributed by atoms with van der Waals surface area (Å²) in [6.07, 6.45) is -0.588. The normalized spacial score (nSPS) is 28.5. The lowest BCUT2D eigenvalue weighted by Crippen LogP contribution is -2.43. The van der Waals surface area contributed by atoms with E-state index in [9.17, 15) is 4.79 Å². The second kappa shape index (κ2) is 3.50. The number of nitrogens with one attached hydrogen (secondary N) is 2. The van der Waals surface area contributed by atoms with E-state index in [1.165, 1.54) is 0 Å². The molecule has 0 aromatic carbocycles. The van der Waals surface area contributed by atoms with Gasteiger partial charge in [0.15, 0.2) is 6.73 Å². The molecule has 0 spiro atoms. The molecule has 3 N–H and O–H groups in total. The average molecular weight is 146 g/mol. The Hall–Kier alpha value is -0.650. The molecule has 0 amide bonds. The number of ether oxygens (including phenoxy) is 1. The molecule has 5 heteroatoms. The molecule has 0 aliphatic carbocycles. The molecule has 0 saturated carbocycles. The van der Waals surface area contributed by atoms with Gasteiger partial charge in [-0.05, 0) is 0 Å². The third-order valence-corrected chi connectivity index (χ3v) is 1.17. The zero-order chi connectivity index (χ0) is 7.40. The molecule has 1 rings (SSSR count). The van der Waals surface area contributed by atoms with E-state index in [4.69, 9.17) is 5.11 Å². The number of carbonyl (C=O) groups is 1. The predicted octanol–water partition coefficient (Wildman–Crippen LogP) is -1.65. The largest absolute Gasteiger partial charge is 0.448 e. The second-order valence-electron chi connectivity index (χ2n) is 2.08. The van der Waals surface area contributed by atoms with Crippen molar-refractivity contribution in [3.8, 4) is 0 Å². The van der Waals surface area contributed by atoms with Gasteiger partial charge in [-0.25, -0.2) is 5.43 Å². The summed E-state index contributed by atoms with van der Waals surface area (Å²) < 4.78 is 4.58. The molecule has 5 nitrogen and oxygen atoms in total. The molecule has 1 atom stereocenters. The van der Waals surface area contributed by atoms with Crippen LogP contribution in [0.25, 0.3) is 0 Å². The zero-order valence-corrected chi connectivity index (χ0v) is 5.46. The first-order valence-corrected chi connectivity index (χ1v) is 3.08. The van der Waals surface area contributed by atoms with Crippen molar-refractivity contribution in [1.82, 2.24) is 10.9 Å². The van der Waals surface area contributed by atoms with Crippen molar-refractivity contribution >= 4 is 5.97 Å². The van der Waals surface area contributed by atoms with Gasteiger partial charge >= 0.3 is 5.97 Å². The van der Waals surface area contributed by atoms with Crippen LogP contribution in [0.4, 0.5) is 0 Å². The summed E-state index contributed by atoms with van der Waals surface area (Å²) in [7, 11) is 0. The van der Waals surface area contributed by atoms with Gasteiger partial charge in [-0.2, -0.15) is 0 Å². The predicted molar refractivity (Wildman–Crippen MR) is 32.7 cm³/mol. The van der Waals surface area contributed by atoms with E-state index in [0.717, 1.165) is 0 Å². The maximum Gasteiger partial charge on any atom is 0.309 e. The van der Waals surface area contributed by atoms with Gasteiger partial charge in [0.2, 0.25) is 0 Å². The Morgan fingerprint density at radius 2 is 2.40 bits per heavy atom. The first-order valence-electron chi connectivity index (χ1n) is 3.08. The molecular formula is C5H10N2O3. The van der Waals surface area contributed by atoms with Gasteiger partial charge in [-0.1, -0.05) is 0 Å². The van der Waals surface area contributed by atoms with Gasteiger partial charge in [0.1, 0.15) is 0 Å². The minimum Gasteiger partial charge on any atom is -0.448 e. The number of cyclic esters (lactones) is 1. The van der Waals surface area contributed by atoms with Gasteiger partial charge in [0.05, 0.1) is 12.5 Å². The monoisotopic (exact) mass is 146 g/mol. The Labute approximate surface area is 58.3 Å². The van der Waals surface area contributed by atoms with E-state index in [-0.39, 0.29) is 19.1 Å². The van der Waals surface area contributed by atoms with E-state index >= 15 is 0 Å². The Morgan fingerprint density at radius 3 is 3.20 bits per heavy atom. The SMILES string of the molecule is O=C1CC(O)CNNCO1. The van der Waals surface area contributed by atoms with Crippen LogP contribution in [-0.2, 0) is 9.53 Å². The molecule has 1 aliphatic heterocycles. The first kappa shape index (κ1) is 7.46. The van der Waals surface area contributed by atoms with Crippen LogP contribution in [0.3, 0.4) is 0 Å². The highest BCUT2D eigenvalue weighted by Crippen LogP contribution is 1.93. The van der Waals surface area contributed by atoms with Crippen molar-refractivity contribution in [2.45, 2.75) is 12.5 Å². The van der Waals surface area contributed by atoms with Crippen molar-refractivity contribution in [2.75, 3.05) is 13.3 Å². The van der Waals surface area contributed by atoms with E-state index in [0.29, 0.717) is 6.54 Å². The number of aliphatic hydroxyl groups is 1.